The van der Waals surface area contributed by atoms with E-state index in [1.165, 1.54) is 5.56 Å². The van der Waals surface area contributed by atoms with E-state index in [1.54, 1.807) is 0 Å². The van der Waals surface area contributed by atoms with Crippen molar-refractivity contribution in [2.45, 2.75) is 39.2 Å². The van der Waals surface area contributed by atoms with Gasteiger partial charge in [-0.2, -0.15) is 0 Å². The summed E-state index contributed by atoms with van der Waals surface area (Å²) < 4.78 is 5.77. The van der Waals surface area contributed by atoms with E-state index in [0.29, 0.717) is 11.9 Å². The van der Waals surface area contributed by atoms with E-state index >= 15 is 0 Å². The highest BCUT2D eigenvalue weighted by atomic mass is 16.5. The monoisotopic (exact) mass is 316 g/mol. The van der Waals surface area contributed by atoms with Crippen LogP contribution in [0.3, 0.4) is 0 Å². The van der Waals surface area contributed by atoms with Crippen LogP contribution in [0.15, 0.2) is 24.3 Å². The molecule has 0 N–H and O–H groups in total. The van der Waals surface area contributed by atoms with Gasteiger partial charge in [0.1, 0.15) is 5.75 Å². The lowest BCUT2D eigenvalue weighted by molar-refractivity contribution is -0.138. The molecular weight excluding hydrogens is 288 g/mol. The van der Waals surface area contributed by atoms with Crippen molar-refractivity contribution in [2.24, 2.45) is 5.92 Å². The quantitative estimate of drug-likeness (QED) is 0.856. The number of fused-ring (bicyclic) bond motifs is 1. The number of hydrogen-bond donors (Lipinski definition) is 0. The van der Waals surface area contributed by atoms with Gasteiger partial charge in [-0.05, 0) is 18.9 Å². The molecule has 2 aliphatic rings. The van der Waals surface area contributed by atoms with Crippen molar-refractivity contribution in [3.05, 3.63) is 29.8 Å². The third kappa shape index (κ3) is 3.37. The van der Waals surface area contributed by atoms with Gasteiger partial charge in [0, 0.05) is 50.1 Å². The molecule has 0 aliphatic carbocycles. The lowest BCUT2D eigenvalue weighted by Gasteiger charge is -2.42. The summed E-state index contributed by atoms with van der Waals surface area (Å²) in [7, 11) is 0. The maximum Gasteiger partial charge on any atom is 0.225 e. The van der Waals surface area contributed by atoms with Crippen LogP contribution in [0.5, 0.6) is 5.75 Å². The highest BCUT2D eigenvalue weighted by Crippen LogP contribution is 2.36. The fourth-order valence-electron chi connectivity index (χ4n) is 3.85. The standard InChI is InChI=1S/C19H28N2O2/c1-3-15(4-2)19(22)21-12-10-20(11-13-21)17-9-14-23-18-8-6-5-7-16(17)18/h5-8,15,17H,3-4,9-14H2,1-2H3. The molecule has 1 aromatic rings. The van der Waals surface area contributed by atoms with Crippen LogP contribution in [-0.2, 0) is 4.79 Å². The molecule has 1 amide bonds. The van der Waals surface area contributed by atoms with Crippen molar-refractivity contribution in [1.29, 1.82) is 0 Å². The smallest absolute Gasteiger partial charge is 0.225 e. The first-order valence-electron chi connectivity index (χ1n) is 8.99. The molecule has 0 saturated carbocycles. The molecule has 2 heterocycles. The van der Waals surface area contributed by atoms with E-state index in [0.717, 1.165) is 57.8 Å². The molecule has 0 aromatic heterocycles. The Morgan fingerprint density at radius 1 is 1.17 bits per heavy atom. The van der Waals surface area contributed by atoms with E-state index in [4.69, 9.17) is 4.74 Å². The molecule has 2 aliphatic heterocycles. The van der Waals surface area contributed by atoms with Crippen LogP contribution in [0.25, 0.3) is 0 Å². The van der Waals surface area contributed by atoms with Gasteiger partial charge in [-0.3, -0.25) is 9.69 Å². The molecule has 0 bridgehead atoms. The molecule has 3 rings (SSSR count). The zero-order valence-electron chi connectivity index (χ0n) is 14.3. The normalized spacial score (nSPS) is 21.9. The van der Waals surface area contributed by atoms with Crippen LogP contribution in [0, 0.1) is 5.92 Å². The highest BCUT2D eigenvalue weighted by Gasteiger charge is 2.31. The Kier molecular flexibility index (Phi) is 5.21. The summed E-state index contributed by atoms with van der Waals surface area (Å²) in [6.07, 6.45) is 2.93. The van der Waals surface area contributed by atoms with Crippen LogP contribution >= 0.6 is 0 Å². The number of para-hydroxylation sites is 1. The average Bonchev–Trinajstić information content (AvgIpc) is 2.62. The second kappa shape index (κ2) is 7.35. The number of carbonyl (C=O) groups is 1. The van der Waals surface area contributed by atoms with Crippen LogP contribution < -0.4 is 4.74 Å². The summed E-state index contributed by atoms with van der Waals surface area (Å²) in [4.78, 5) is 17.1. The minimum Gasteiger partial charge on any atom is -0.493 e. The molecule has 1 atom stereocenters. The van der Waals surface area contributed by atoms with Crippen molar-refractivity contribution >= 4 is 5.91 Å². The first kappa shape index (κ1) is 16.3. The maximum atomic E-state index is 12.5. The fourth-order valence-corrected chi connectivity index (χ4v) is 3.85. The summed E-state index contributed by atoms with van der Waals surface area (Å²) in [6.45, 7) is 8.65. The van der Waals surface area contributed by atoms with E-state index in [2.05, 4.69) is 41.8 Å². The number of amides is 1. The maximum absolute atomic E-state index is 12.5. The first-order chi connectivity index (χ1) is 11.2. The molecule has 0 radical (unpaired) electrons. The van der Waals surface area contributed by atoms with Crippen LogP contribution in [0.1, 0.15) is 44.7 Å². The number of rotatable bonds is 4. The van der Waals surface area contributed by atoms with Gasteiger partial charge in [0.2, 0.25) is 5.91 Å². The van der Waals surface area contributed by atoms with Gasteiger partial charge in [0.25, 0.3) is 0 Å². The fraction of sp³-hybridized carbons (Fsp3) is 0.632. The lowest BCUT2D eigenvalue weighted by Crippen LogP contribution is -2.51. The Balaban J connectivity index is 1.63. The van der Waals surface area contributed by atoms with Gasteiger partial charge < -0.3 is 9.64 Å². The number of ether oxygens (including phenoxy) is 1. The first-order valence-corrected chi connectivity index (χ1v) is 8.99. The molecule has 1 fully saturated rings. The summed E-state index contributed by atoms with van der Waals surface area (Å²) in [5.74, 6) is 1.58. The SMILES string of the molecule is CCC(CC)C(=O)N1CCN(C2CCOc3ccccc32)CC1. The van der Waals surface area contributed by atoms with Gasteiger partial charge in [0.15, 0.2) is 0 Å². The molecule has 23 heavy (non-hydrogen) atoms. The second-order valence-electron chi connectivity index (χ2n) is 6.57. The van der Waals surface area contributed by atoms with Gasteiger partial charge in [-0.1, -0.05) is 32.0 Å². The van der Waals surface area contributed by atoms with Crippen LogP contribution in [0.4, 0.5) is 0 Å². The number of carbonyl (C=O) groups excluding carboxylic acids is 1. The highest BCUT2D eigenvalue weighted by molar-refractivity contribution is 5.78. The molecule has 4 nitrogen and oxygen atoms in total. The lowest BCUT2D eigenvalue weighted by atomic mass is 9.97. The zero-order chi connectivity index (χ0) is 16.2. The van der Waals surface area contributed by atoms with Crippen molar-refractivity contribution in [3.63, 3.8) is 0 Å². The van der Waals surface area contributed by atoms with Gasteiger partial charge in [-0.15, -0.1) is 0 Å². The zero-order valence-corrected chi connectivity index (χ0v) is 14.3. The van der Waals surface area contributed by atoms with E-state index < -0.39 is 0 Å². The third-order valence-corrected chi connectivity index (χ3v) is 5.33. The van der Waals surface area contributed by atoms with E-state index in [1.807, 2.05) is 6.07 Å². The minimum absolute atomic E-state index is 0.199. The summed E-state index contributed by atoms with van der Waals surface area (Å²) in [5.41, 5.74) is 1.30. The largest absolute Gasteiger partial charge is 0.493 e. The molecule has 1 saturated heterocycles. The van der Waals surface area contributed by atoms with Crippen LogP contribution in [-0.4, -0.2) is 48.5 Å². The van der Waals surface area contributed by atoms with Crippen molar-refractivity contribution < 1.29 is 9.53 Å². The number of nitrogens with zero attached hydrogens (tertiary/aromatic N) is 2. The Bertz CT molecular complexity index is 534. The summed E-state index contributed by atoms with van der Waals surface area (Å²) in [5, 5.41) is 0. The van der Waals surface area contributed by atoms with Crippen LogP contribution in [0.2, 0.25) is 0 Å². The van der Waals surface area contributed by atoms with Crippen molar-refractivity contribution in [2.75, 3.05) is 32.8 Å². The number of hydrogen-bond acceptors (Lipinski definition) is 3. The van der Waals surface area contributed by atoms with Gasteiger partial charge >= 0.3 is 0 Å². The Morgan fingerprint density at radius 2 is 1.87 bits per heavy atom. The summed E-state index contributed by atoms with van der Waals surface area (Å²) in [6, 6.07) is 8.81. The Morgan fingerprint density at radius 3 is 2.57 bits per heavy atom. The predicted octanol–water partition coefficient (Wildman–Crippen LogP) is 3.09. The van der Waals surface area contributed by atoms with E-state index in [-0.39, 0.29) is 5.92 Å². The summed E-state index contributed by atoms with van der Waals surface area (Å²) >= 11 is 0. The molecule has 1 aromatic carbocycles. The average molecular weight is 316 g/mol. The van der Waals surface area contributed by atoms with Gasteiger partial charge in [0.05, 0.1) is 6.61 Å². The topological polar surface area (TPSA) is 32.8 Å². The van der Waals surface area contributed by atoms with Gasteiger partial charge in [-0.25, -0.2) is 0 Å². The Hall–Kier alpha value is -1.55. The molecule has 4 heteroatoms. The molecule has 1 unspecified atom stereocenters. The van der Waals surface area contributed by atoms with Crippen molar-refractivity contribution in [1.82, 2.24) is 9.80 Å². The third-order valence-electron chi connectivity index (χ3n) is 5.33. The van der Waals surface area contributed by atoms with E-state index in [9.17, 15) is 4.79 Å². The minimum atomic E-state index is 0.199. The Labute approximate surface area is 139 Å². The predicted molar refractivity (Wildman–Crippen MR) is 91.5 cm³/mol. The van der Waals surface area contributed by atoms with Crippen molar-refractivity contribution in [3.8, 4) is 5.75 Å². The molecule has 0 spiro atoms. The molecular formula is C19H28N2O2. The second-order valence-corrected chi connectivity index (χ2v) is 6.57. The molecule has 126 valence electrons. The number of benzene rings is 1. The number of piperazine rings is 1.